The normalized spacial score (nSPS) is 10.0. The van der Waals surface area contributed by atoms with Crippen LogP contribution in [0.5, 0.6) is 0 Å². The summed E-state index contributed by atoms with van der Waals surface area (Å²) in [4.78, 5) is 13.0. The largest absolute Gasteiger partial charge is 0.478 e. The summed E-state index contributed by atoms with van der Waals surface area (Å²) >= 11 is 3.22. The van der Waals surface area contributed by atoms with E-state index >= 15 is 0 Å². The second-order valence-corrected chi connectivity index (χ2v) is 4.25. The summed E-state index contributed by atoms with van der Waals surface area (Å²) in [6, 6.07) is 5.16. The predicted molar refractivity (Wildman–Crippen MR) is 70.6 cm³/mol. The van der Waals surface area contributed by atoms with Gasteiger partial charge in [0.2, 0.25) is 0 Å². The molecule has 0 spiro atoms. The van der Waals surface area contributed by atoms with Gasteiger partial charge in [-0.15, -0.1) is 6.58 Å². The SMILES string of the molecule is C=CCN(CCO)c1cccc(Br)c1C(=O)O. The number of aliphatic hydroxyl groups is 1. The van der Waals surface area contributed by atoms with Crippen molar-refractivity contribution < 1.29 is 15.0 Å². The molecule has 1 rings (SSSR count). The van der Waals surface area contributed by atoms with E-state index in [4.69, 9.17) is 5.11 Å². The van der Waals surface area contributed by atoms with E-state index in [9.17, 15) is 9.90 Å². The minimum absolute atomic E-state index is 0.0422. The van der Waals surface area contributed by atoms with Gasteiger partial charge in [-0.1, -0.05) is 12.1 Å². The van der Waals surface area contributed by atoms with Crippen molar-refractivity contribution in [2.45, 2.75) is 0 Å². The van der Waals surface area contributed by atoms with Crippen LogP contribution in [0.2, 0.25) is 0 Å². The lowest BCUT2D eigenvalue weighted by atomic mass is 10.1. The number of carboxylic acids is 1. The van der Waals surface area contributed by atoms with Gasteiger partial charge in [-0.3, -0.25) is 0 Å². The topological polar surface area (TPSA) is 60.8 Å². The van der Waals surface area contributed by atoms with Crippen molar-refractivity contribution in [3.63, 3.8) is 0 Å². The van der Waals surface area contributed by atoms with Crippen molar-refractivity contribution in [3.05, 3.63) is 40.9 Å². The highest BCUT2D eigenvalue weighted by Gasteiger charge is 2.17. The zero-order chi connectivity index (χ0) is 12.8. The number of aliphatic hydroxyl groups excluding tert-OH is 1. The Bertz CT molecular complexity index is 420. The summed E-state index contributed by atoms with van der Waals surface area (Å²) in [7, 11) is 0. The third-order valence-electron chi connectivity index (χ3n) is 2.27. The molecule has 0 saturated heterocycles. The second-order valence-electron chi connectivity index (χ2n) is 3.40. The molecule has 2 N–H and O–H groups in total. The summed E-state index contributed by atoms with van der Waals surface area (Å²) in [5, 5.41) is 18.2. The van der Waals surface area contributed by atoms with Crippen LogP contribution in [-0.4, -0.2) is 35.9 Å². The highest BCUT2D eigenvalue weighted by atomic mass is 79.9. The summed E-state index contributed by atoms with van der Waals surface area (Å²) < 4.78 is 0.523. The summed E-state index contributed by atoms with van der Waals surface area (Å²) in [6.07, 6.45) is 1.67. The maximum atomic E-state index is 11.2. The van der Waals surface area contributed by atoms with E-state index in [2.05, 4.69) is 22.5 Å². The van der Waals surface area contributed by atoms with Crippen molar-refractivity contribution >= 4 is 27.6 Å². The lowest BCUT2D eigenvalue weighted by molar-refractivity contribution is 0.0696. The molecule has 1 aromatic carbocycles. The predicted octanol–water partition coefficient (Wildman–Crippen LogP) is 2.13. The van der Waals surface area contributed by atoms with E-state index < -0.39 is 5.97 Å². The monoisotopic (exact) mass is 299 g/mol. The first-order chi connectivity index (χ1) is 8.11. The zero-order valence-corrected chi connectivity index (χ0v) is 10.9. The molecule has 92 valence electrons. The molecule has 0 saturated carbocycles. The maximum Gasteiger partial charge on any atom is 0.338 e. The van der Waals surface area contributed by atoms with E-state index in [-0.39, 0.29) is 12.2 Å². The highest BCUT2D eigenvalue weighted by Crippen LogP contribution is 2.27. The standard InChI is InChI=1S/C12H14BrNO3/c1-2-6-14(7-8-15)10-5-3-4-9(13)11(10)12(16)17/h2-5,15H,1,6-8H2,(H,16,17). The van der Waals surface area contributed by atoms with Crippen molar-refractivity contribution in [1.29, 1.82) is 0 Å². The van der Waals surface area contributed by atoms with Crippen LogP contribution in [0.1, 0.15) is 10.4 Å². The Kier molecular flexibility index (Phi) is 5.18. The van der Waals surface area contributed by atoms with E-state index in [0.29, 0.717) is 23.2 Å². The average Bonchev–Trinajstić information content (AvgIpc) is 2.28. The fraction of sp³-hybridized carbons (Fsp3) is 0.250. The van der Waals surface area contributed by atoms with Crippen LogP contribution in [0.25, 0.3) is 0 Å². The molecule has 0 aliphatic rings. The Hall–Kier alpha value is -1.33. The molecule has 4 nitrogen and oxygen atoms in total. The second kappa shape index (κ2) is 6.42. The molecule has 0 atom stereocenters. The van der Waals surface area contributed by atoms with Crippen LogP contribution in [0.4, 0.5) is 5.69 Å². The van der Waals surface area contributed by atoms with Gasteiger partial charge in [-0.05, 0) is 28.1 Å². The molecule has 0 heterocycles. The number of halogens is 1. The van der Waals surface area contributed by atoms with E-state index in [0.717, 1.165) is 0 Å². The van der Waals surface area contributed by atoms with Gasteiger partial charge in [0.1, 0.15) is 0 Å². The molecule has 1 aromatic rings. The number of hydrogen-bond acceptors (Lipinski definition) is 3. The van der Waals surface area contributed by atoms with Gasteiger partial charge >= 0.3 is 5.97 Å². The number of hydrogen-bond donors (Lipinski definition) is 2. The number of benzene rings is 1. The minimum Gasteiger partial charge on any atom is -0.478 e. The Balaban J connectivity index is 3.21. The first-order valence-electron chi connectivity index (χ1n) is 5.10. The number of carbonyl (C=O) groups is 1. The van der Waals surface area contributed by atoms with Gasteiger partial charge in [-0.2, -0.15) is 0 Å². The lowest BCUT2D eigenvalue weighted by Gasteiger charge is -2.24. The first-order valence-corrected chi connectivity index (χ1v) is 5.89. The molecule has 17 heavy (non-hydrogen) atoms. The molecule has 0 aliphatic carbocycles. The Morgan fingerprint density at radius 3 is 2.76 bits per heavy atom. The van der Waals surface area contributed by atoms with Crippen molar-refractivity contribution in [2.75, 3.05) is 24.6 Å². The molecular weight excluding hydrogens is 286 g/mol. The van der Waals surface area contributed by atoms with Gasteiger partial charge < -0.3 is 15.1 Å². The number of anilines is 1. The quantitative estimate of drug-likeness (QED) is 0.790. The molecule has 0 amide bonds. The van der Waals surface area contributed by atoms with Gasteiger partial charge in [0, 0.05) is 17.6 Å². The Morgan fingerprint density at radius 1 is 1.53 bits per heavy atom. The van der Waals surface area contributed by atoms with Crippen molar-refractivity contribution in [1.82, 2.24) is 0 Å². The smallest absolute Gasteiger partial charge is 0.338 e. The van der Waals surface area contributed by atoms with Crippen LogP contribution in [0, 0.1) is 0 Å². The maximum absolute atomic E-state index is 11.2. The summed E-state index contributed by atoms with van der Waals surface area (Å²) in [5.41, 5.74) is 0.767. The van der Waals surface area contributed by atoms with Crippen LogP contribution in [0.15, 0.2) is 35.3 Å². The Morgan fingerprint density at radius 2 is 2.24 bits per heavy atom. The van der Waals surface area contributed by atoms with Crippen LogP contribution < -0.4 is 4.90 Å². The summed E-state index contributed by atoms with van der Waals surface area (Å²) in [5.74, 6) is -1.00. The van der Waals surface area contributed by atoms with E-state index in [1.165, 1.54) is 0 Å². The highest BCUT2D eigenvalue weighted by molar-refractivity contribution is 9.10. The number of rotatable bonds is 6. The third-order valence-corrected chi connectivity index (χ3v) is 2.93. The third kappa shape index (κ3) is 3.31. The van der Waals surface area contributed by atoms with Crippen molar-refractivity contribution in [2.24, 2.45) is 0 Å². The molecule has 0 aromatic heterocycles. The van der Waals surface area contributed by atoms with Crippen molar-refractivity contribution in [3.8, 4) is 0 Å². The van der Waals surface area contributed by atoms with Gasteiger partial charge in [0.25, 0.3) is 0 Å². The van der Waals surface area contributed by atoms with E-state index in [1.54, 1.807) is 29.2 Å². The summed E-state index contributed by atoms with van der Waals surface area (Å²) in [6.45, 7) is 4.43. The molecule has 0 fully saturated rings. The average molecular weight is 300 g/mol. The number of nitrogens with zero attached hydrogens (tertiary/aromatic N) is 1. The van der Waals surface area contributed by atoms with Crippen LogP contribution in [-0.2, 0) is 0 Å². The molecule has 0 unspecified atom stereocenters. The van der Waals surface area contributed by atoms with Gasteiger partial charge in [0.15, 0.2) is 0 Å². The van der Waals surface area contributed by atoms with Gasteiger partial charge in [0.05, 0.1) is 17.9 Å². The number of aromatic carboxylic acids is 1. The van der Waals surface area contributed by atoms with E-state index in [1.807, 2.05) is 0 Å². The Labute approximate surface area is 108 Å². The molecule has 0 bridgehead atoms. The first kappa shape index (κ1) is 13.7. The fourth-order valence-corrected chi connectivity index (χ4v) is 2.10. The van der Waals surface area contributed by atoms with Crippen LogP contribution in [0.3, 0.4) is 0 Å². The molecular formula is C12H14BrNO3. The number of carboxylic acid groups (broad SMARTS) is 1. The minimum atomic E-state index is -1.00. The fourth-order valence-electron chi connectivity index (χ4n) is 1.57. The molecule has 0 radical (unpaired) electrons. The van der Waals surface area contributed by atoms with Gasteiger partial charge in [-0.25, -0.2) is 4.79 Å². The zero-order valence-electron chi connectivity index (χ0n) is 9.27. The molecule has 5 heteroatoms. The van der Waals surface area contributed by atoms with Crippen LogP contribution >= 0.6 is 15.9 Å². The molecule has 0 aliphatic heterocycles. The lowest BCUT2D eigenvalue weighted by Crippen LogP contribution is -2.28.